The quantitative estimate of drug-likeness (QED) is 0.646. The van der Waals surface area contributed by atoms with Crippen molar-refractivity contribution in [2.75, 3.05) is 0 Å². The molecule has 0 saturated heterocycles. The maximum Gasteiger partial charge on any atom is 0.153 e. The third-order valence-corrected chi connectivity index (χ3v) is 3.64. The largest absolute Gasteiger partial charge is 0.456 e. The van der Waals surface area contributed by atoms with Crippen LogP contribution in [-0.4, -0.2) is 6.29 Å². The van der Waals surface area contributed by atoms with Crippen LogP contribution in [0, 0.1) is 0 Å². The van der Waals surface area contributed by atoms with Crippen molar-refractivity contribution < 1.29 is 9.53 Å². The summed E-state index contributed by atoms with van der Waals surface area (Å²) in [6.45, 7) is 4.18. The second-order valence-electron chi connectivity index (χ2n) is 4.74. The minimum absolute atomic E-state index is 0.307. The molecule has 0 amide bonds. The molecule has 104 valence electrons. The van der Waals surface area contributed by atoms with Gasteiger partial charge in [-0.3, -0.25) is 4.79 Å². The Balaban J connectivity index is 2.44. The fourth-order valence-corrected chi connectivity index (χ4v) is 2.42. The summed E-state index contributed by atoms with van der Waals surface area (Å²) >= 11 is 9.42. The molecular formula is C16H14BrClO2. The van der Waals surface area contributed by atoms with E-state index in [1.165, 1.54) is 0 Å². The van der Waals surface area contributed by atoms with Crippen LogP contribution >= 0.6 is 27.5 Å². The van der Waals surface area contributed by atoms with Gasteiger partial charge in [0.05, 0.1) is 5.56 Å². The molecule has 0 N–H and O–H groups in total. The number of aldehydes is 1. The lowest BCUT2D eigenvalue weighted by Gasteiger charge is -2.15. The third kappa shape index (κ3) is 3.41. The summed E-state index contributed by atoms with van der Waals surface area (Å²) in [6, 6.07) is 10.8. The average molecular weight is 354 g/mol. The van der Waals surface area contributed by atoms with E-state index in [1.807, 2.05) is 18.2 Å². The Morgan fingerprint density at radius 3 is 2.55 bits per heavy atom. The smallest absolute Gasteiger partial charge is 0.153 e. The highest BCUT2D eigenvalue weighted by molar-refractivity contribution is 9.10. The first-order chi connectivity index (χ1) is 9.51. The standard InChI is InChI=1S/C16H14BrClO2/c1-10(2)14-7-12(17)4-6-15(14)20-16-8-13(18)5-3-11(16)9-19/h3-10H,1-2H3. The highest BCUT2D eigenvalue weighted by atomic mass is 79.9. The van der Waals surface area contributed by atoms with Gasteiger partial charge >= 0.3 is 0 Å². The molecule has 4 heteroatoms. The molecular weight excluding hydrogens is 340 g/mol. The van der Waals surface area contributed by atoms with Crippen LogP contribution in [-0.2, 0) is 0 Å². The summed E-state index contributed by atoms with van der Waals surface area (Å²) in [7, 11) is 0. The highest BCUT2D eigenvalue weighted by Gasteiger charge is 2.12. The van der Waals surface area contributed by atoms with Crippen molar-refractivity contribution in [1.29, 1.82) is 0 Å². The summed E-state index contributed by atoms with van der Waals surface area (Å²) < 4.78 is 6.89. The molecule has 20 heavy (non-hydrogen) atoms. The zero-order valence-electron chi connectivity index (χ0n) is 11.2. The van der Waals surface area contributed by atoms with E-state index in [2.05, 4.69) is 29.8 Å². The van der Waals surface area contributed by atoms with Crippen LogP contribution in [0.1, 0.15) is 35.7 Å². The molecule has 2 rings (SSSR count). The zero-order chi connectivity index (χ0) is 14.7. The van der Waals surface area contributed by atoms with Gasteiger partial charge in [0.1, 0.15) is 11.5 Å². The summed E-state index contributed by atoms with van der Waals surface area (Å²) in [4.78, 5) is 11.1. The van der Waals surface area contributed by atoms with Crippen molar-refractivity contribution in [3.05, 3.63) is 57.0 Å². The van der Waals surface area contributed by atoms with Crippen LogP contribution in [0.15, 0.2) is 40.9 Å². The Morgan fingerprint density at radius 2 is 1.90 bits per heavy atom. The van der Waals surface area contributed by atoms with Crippen molar-refractivity contribution in [3.63, 3.8) is 0 Å². The predicted octanol–water partition coefficient (Wildman–Crippen LogP) is 5.83. The van der Waals surface area contributed by atoms with Gasteiger partial charge in [-0.15, -0.1) is 0 Å². The Labute approximate surface area is 131 Å². The molecule has 2 aromatic carbocycles. The molecule has 0 atom stereocenters. The van der Waals surface area contributed by atoms with E-state index >= 15 is 0 Å². The number of hydrogen-bond acceptors (Lipinski definition) is 2. The van der Waals surface area contributed by atoms with Gasteiger partial charge in [0, 0.05) is 15.6 Å². The van der Waals surface area contributed by atoms with Crippen molar-refractivity contribution in [3.8, 4) is 11.5 Å². The number of hydrogen-bond donors (Lipinski definition) is 0. The zero-order valence-corrected chi connectivity index (χ0v) is 13.5. The lowest BCUT2D eigenvalue weighted by atomic mass is 10.0. The van der Waals surface area contributed by atoms with E-state index in [-0.39, 0.29) is 0 Å². The third-order valence-electron chi connectivity index (χ3n) is 2.92. The first-order valence-corrected chi connectivity index (χ1v) is 7.40. The van der Waals surface area contributed by atoms with E-state index in [4.69, 9.17) is 16.3 Å². The number of benzene rings is 2. The lowest BCUT2D eigenvalue weighted by molar-refractivity contribution is 0.112. The normalized spacial score (nSPS) is 10.7. The summed E-state index contributed by atoms with van der Waals surface area (Å²) in [5.74, 6) is 1.51. The number of carbonyl (C=O) groups excluding carboxylic acids is 1. The maximum atomic E-state index is 11.1. The average Bonchev–Trinajstić information content (AvgIpc) is 2.41. The molecule has 0 aliphatic carbocycles. The van der Waals surface area contributed by atoms with Gasteiger partial charge in [0.25, 0.3) is 0 Å². The molecule has 0 radical (unpaired) electrons. The minimum atomic E-state index is 0.307. The Bertz CT molecular complexity index is 638. The molecule has 0 aliphatic rings. The van der Waals surface area contributed by atoms with Gasteiger partial charge in [-0.05, 0) is 41.8 Å². The molecule has 0 aromatic heterocycles. The van der Waals surface area contributed by atoms with Gasteiger partial charge in [-0.2, -0.15) is 0 Å². The molecule has 0 saturated carbocycles. The number of carbonyl (C=O) groups is 1. The number of halogens is 2. The second kappa shape index (κ2) is 6.42. The van der Waals surface area contributed by atoms with Crippen LogP contribution in [0.2, 0.25) is 5.02 Å². The Morgan fingerprint density at radius 1 is 1.15 bits per heavy atom. The van der Waals surface area contributed by atoms with Crippen molar-refractivity contribution in [2.45, 2.75) is 19.8 Å². The van der Waals surface area contributed by atoms with Crippen molar-refractivity contribution in [2.24, 2.45) is 0 Å². The van der Waals surface area contributed by atoms with Crippen LogP contribution in [0.3, 0.4) is 0 Å². The van der Waals surface area contributed by atoms with Gasteiger partial charge in [-0.25, -0.2) is 0 Å². The lowest BCUT2D eigenvalue weighted by Crippen LogP contribution is -1.96. The molecule has 2 aromatic rings. The van der Waals surface area contributed by atoms with Gasteiger partial charge in [0.2, 0.25) is 0 Å². The molecule has 0 bridgehead atoms. The SMILES string of the molecule is CC(C)c1cc(Br)ccc1Oc1cc(Cl)ccc1C=O. The van der Waals surface area contributed by atoms with Gasteiger partial charge in [0.15, 0.2) is 6.29 Å². The second-order valence-corrected chi connectivity index (χ2v) is 6.09. The first kappa shape index (κ1) is 15.1. The van der Waals surface area contributed by atoms with Crippen LogP contribution < -0.4 is 4.74 Å². The van der Waals surface area contributed by atoms with Crippen LogP contribution in [0.25, 0.3) is 0 Å². The topological polar surface area (TPSA) is 26.3 Å². The van der Waals surface area contributed by atoms with Crippen molar-refractivity contribution in [1.82, 2.24) is 0 Å². The van der Waals surface area contributed by atoms with Crippen molar-refractivity contribution >= 4 is 33.8 Å². The minimum Gasteiger partial charge on any atom is -0.456 e. The van der Waals surface area contributed by atoms with Crippen LogP contribution in [0.4, 0.5) is 0 Å². The first-order valence-electron chi connectivity index (χ1n) is 6.23. The molecule has 0 spiro atoms. The Kier molecular flexibility index (Phi) is 4.84. The highest BCUT2D eigenvalue weighted by Crippen LogP contribution is 2.34. The molecule has 0 unspecified atom stereocenters. The fourth-order valence-electron chi connectivity index (χ4n) is 1.88. The number of ether oxygens (including phenoxy) is 1. The maximum absolute atomic E-state index is 11.1. The Hall–Kier alpha value is -1.32. The predicted molar refractivity (Wildman–Crippen MR) is 85.1 cm³/mol. The van der Waals surface area contributed by atoms with E-state index in [0.717, 1.165) is 22.1 Å². The summed E-state index contributed by atoms with van der Waals surface area (Å²) in [5, 5.41) is 0.536. The van der Waals surface area contributed by atoms with E-state index in [1.54, 1.807) is 18.2 Å². The summed E-state index contributed by atoms with van der Waals surface area (Å²) in [6.07, 6.45) is 0.763. The molecule has 2 nitrogen and oxygen atoms in total. The number of rotatable bonds is 4. The molecule has 0 heterocycles. The van der Waals surface area contributed by atoms with Gasteiger partial charge in [-0.1, -0.05) is 41.4 Å². The molecule has 0 fully saturated rings. The monoisotopic (exact) mass is 352 g/mol. The molecule has 0 aliphatic heterocycles. The van der Waals surface area contributed by atoms with Gasteiger partial charge < -0.3 is 4.74 Å². The fraction of sp³-hybridized carbons (Fsp3) is 0.188. The van der Waals surface area contributed by atoms with E-state index in [0.29, 0.717) is 22.3 Å². The van der Waals surface area contributed by atoms with Crippen LogP contribution in [0.5, 0.6) is 11.5 Å². The van der Waals surface area contributed by atoms with E-state index in [9.17, 15) is 4.79 Å². The van der Waals surface area contributed by atoms with E-state index < -0.39 is 0 Å². The summed E-state index contributed by atoms with van der Waals surface area (Å²) in [5.41, 5.74) is 1.54.